The summed E-state index contributed by atoms with van der Waals surface area (Å²) in [5.74, 6) is -0.0455. The zero-order chi connectivity index (χ0) is 10.0. The van der Waals surface area contributed by atoms with Gasteiger partial charge in [0.05, 0.1) is 17.8 Å². The molecule has 6 N–H and O–H groups in total. The lowest BCUT2D eigenvalue weighted by Gasteiger charge is -2.16. The number of nitrogens with two attached hydrogens (primary N) is 2. The third-order valence-corrected chi connectivity index (χ3v) is 1.98. The van der Waals surface area contributed by atoms with Crippen molar-refractivity contribution in [2.75, 3.05) is 5.73 Å². The number of rotatable bonds is 2. The van der Waals surface area contributed by atoms with E-state index in [9.17, 15) is 10.2 Å². The molecule has 0 aliphatic rings. The van der Waals surface area contributed by atoms with Crippen LogP contribution in [0.4, 0.5) is 5.69 Å². The lowest BCUT2D eigenvalue weighted by Crippen LogP contribution is -2.23. The lowest BCUT2D eigenvalue weighted by atomic mass is 10.0. The Morgan fingerprint density at radius 1 is 1.38 bits per heavy atom. The quantitative estimate of drug-likeness (QED) is 0.392. The molecule has 0 fully saturated rings. The van der Waals surface area contributed by atoms with Gasteiger partial charge in [-0.1, -0.05) is 12.1 Å². The first kappa shape index (κ1) is 9.83. The van der Waals surface area contributed by atoms with E-state index in [1.807, 2.05) is 0 Å². The SMILES string of the molecule is C[C@@H](O)[C@H](N)c1cccc(N)c1O. The van der Waals surface area contributed by atoms with E-state index < -0.39 is 12.1 Å². The molecule has 4 heteroatoms. The molecule has 0 radical (unpaired) electrons. The van der Waals surface area contributed by atoms with Gasteiger partial charge in [-0.05, 0) is 13.0 Å². The number of nitrogen functional groups attached to an aromatic ring is 1. The summed E-state index contributed by atoms with van der Waals surface area (Å²) in [5, 5.41) is 18.7. The van der Waals surface area contributed by atoms with Crippen LogP contribution >= 0.6 is 0 Å². The summed E-state index contributed by atoms with van der Waals surface area (Å²) in [5.41, 5.74) is 11.9. The second-order valence-corrected chi connectivity index (χ2v) is 3.05. The fourth-order valence-electron chi connectivity index (χ4n) is 1.11. The van der Waals surface area contributed by atoms with Gasteiger partial charge < -0.3 is 21.7 Å². The number of aromatic hydroxyl groups is 1. The Morgan fingerprint density at radius 2 is 2.00 bits per heavy atom. The Morgan fingerprint density at radius 3 is 2.54 bits per heavy atom. The monoisotopic (exact) mass is 182 g/mol. The normalized spacial score (nSPS) is 15.3. The van der Waals surface area contributed by atoms with E-state index in [4.69, 9.17) is 11.5 Å². The molecule has 0 bridgehead atoms. The van der Waals surface area contributed by atoms with Crippen LogP contribution in [0.1, 0.15) is 18.5 Å². The highest BCUT2D eigenvalue weighted by Gasteiger charge is 2.16. The zero-order valence-corrected chi connectivity index (χ0v) is 7.44. The van der Waals surface area contributed by atoms with Crippen LogP contribution < -0.4 is 11.5 Å². The Kier molecular flexibility index (Phi) is 2.75. The van der Waals surface area contributed by atoms with Crippen molar-refractivity contribution in [2.24, 2.45) is 5.73 Å². The molecule has 0 heterocycles. The molecule has 72 valence electrons. The Hall–Kier alpha value is -1.26. The number of hydrogen-bond acceptors (Lipinski definition) is 4. The predicted molar refractivity (Wildman–Crippen MR) is 51.1 cm³/mol. The van der Waals surface area contributed by atoms with Crippen molar-refractivity contribution in [2.45, 2.75) is 19.1 Å². The van der Waals surface area contributed by atoms with E-state index in [1.54, 1.807) is 25.1 Å². The van der Waals surface area contributed by atoms with Gasteiger partial charge in [0, 0.05) is 5.56 Å². The smallest absolute Gasteiger partial charge is 0.143 e. The predicted octanol–water partition coefficient (Wildman–Crippen LogP) is 0.355. The van der Waals surface area contributed by atoms with E-state index in [-0.39, 0.29) is 11.4 Å². The van der Waals surface area contributed by atoms with Crippen molar-refractivity contribution in [3.05, 3.63) is 23.8 Å². The molecule has 2 atom stereocenters. The molecule has 13 heavy (non-hydrogen) atoms. The number of hydrogen-bond donors (Lipinski definition) is 4. The number of para-hydroxylation sites is 1. The van der Waals surface area contributed by atoms with Gasteiger partial charge in [-0.2, -0.15) is 0 Å². The van der Waals surface area contributed by atoms with E-state index in [1.165, 1.54) is 0 Å². The fraction of sp³-hybridized carbons (Fsp3) is 0.333. The molecular formula is C9H14N2O2. The van der Waals surface area contributed by atoms with E-state index in [0.717, 1.165) is 0 Å². The minimum Gasteiger partial charge on any atom is -0.505 e. The Bertz CT molecular complexity index is 300. The summed E-state index contributed by atoms with van der Waals surface area (Å²) in [7, 11) is 0. The van der Waals surface area contributed by atoms with Crippen LogP contribution in [0.3, 0.4) is 0 Å². The summed E-state index contributed by atoms with van der Waals surface area (Å²) in [6.45, 7) is 1.56. The first-order valence-corrected chi connectivity index (χ1v) is 4.05. The number of anilines is 1. The zero-order valence-electron chi connectivity index (χ0n) is 7.44. The van der Waals surface area contributed by atoms with Crippen molar-refractivity contribution in [1.82, 2.24) is 0 Å². The molecule has 0 amide bonds. The molecule has 0 aliphatic carbocycles. The highest BCUT2D eigenvalue weighted by molar-refractivity contribution is 5.56. The standard InChI is InChI=1S/C9H14N2O2/c1-5(12)8(11)6-3-2-4-7(10)9(6)13/h2-5,8,12-13H,10-11H2,1H3/t5-,8+/m1/s1. The molecule has 0 saturated carbocycles. The molecule has 1 aromatic rings. The van der Waals surface area contributed by atoms with Gasteiger partial charge in [0.1, 0.15) is 5.75 Å². The average molecular weight is 182 g/mol. The van der Waals surface area contributed by atoms with Crippen LogP contribution in [-0.2, 0) is 0 Å². The third kappa shape index (κ3) is 1.91. The number of phenols is 1. The molecular weight excluding hydrogens is 168 g/mol. The van der Waals surface area contributed by atoms with Crippen molar-refractivity contribution in [3.63, 3.8) is 0 Å². The summed E-state index contributed by atoms with van der Waals surface area (Å²) in [4.78, 5) is 0. The Balaban J connectivity index is 3.07. The summed E-state index contributed by atoms with van der Waals surface area (Å²) in [6.07, 6.45) is -0.715. The van der Waals surface area contributed by atoms with Gasteiger partial charge in [0.15, 0.2) is 0 Å². The number of phenolic OH excluding ortho intramolecular Hbond substituents is 1. The maximum Gasteiger partial charge on any atom is 0.143 e. The lowest BCUT2D eigenvalue weighted by molar-refractivity contribution is 0.163. The maximum atomic E-state index is 9.50. The third-order valence-electron chi connectivity index (χ3n) is 1.98. The van der Waals surface area contributed by atoms with E-state index in [2.05, 4.69) is 0 Å². The van der Waals surface area contributed by atoms with Crippen LogP contribution in [0, 0.1) is 0 Å². The second kappa shape index (κ2) is 3.64. The highest BCUT2D eigenvalue weighted by atomic mass is 16.3. The van der Waals surface area contributed by atoms with Crippen molar-refractivity contribution < 1.29 is 10.2 Å². The van der Waals surface area contributed by atoms with E-state index >= 15 is 0 Å². The first-order chi connectivity index (χ1) is 6.04. The molecule has 4 nitrogen and oxygen atoms in total. The van der Waals surface area contributed by atoms with Crippen LogP contribution in [0.25, 0.3) is 0 Å². The molecule has 1 aromatic carbocycles. The van der Waals surface area contributed by atoms with Gasteiger partial charge in [-0.15, -0.1) is 0 Å². The fourth-order valence-corrected chi connectivity index (χ4v) is 1.11. The minimum atomic E-state index is -0.715. The molecule has 0 spiro atoms. The van der Waals surface area contributed by atoms with Crippen LogP contribution in [0.2, 0.25) is 0 Å². The summed E-state index contributed by atoms with van der Waals surface area (Å²) < 4.78 is 0. The highest BCUT2D eigenvalue weighted by Crippen LogP contribution is 2.29. The first-order valence-electron chi connectivity index (χ1n) is 4.05. The van der Waals surface area contributed by atoms with Gasteiger partial charge in [0.2, 0.25) is 0 Å². The summed E-state index contributed by atoms with van der Waals surface area (Å²) in [6, 6.07) is 4.30. The number of aliphatic hydroxyl groups excluding tert-OH is 1. The Labute approximate surface area is 76.8 Å². The van der Waals surface area contributed by atoms with Gasteiger partial charge >= 0.3 is 0 Å². The minimum absolute atomic E-state index is 0.0455. The number of benzene rings is 1. The molecule has 1 rings (SSSR count). The topological polar surface area (TPSA) is 92.5 Å². The molecule has 0 aromatic heterocycles. The molecule has 0 saturated heterocycles. The van der Waals surface area contributed by atoms with Crippen LogP contribution in [0.15, 0.2) is 18.2 Å². The van der Waals surface area contributed by atoms with Crippen molar-refractivity contribution in [3.8, 4) is 5.75 Å². The van der Waals surface area contributed by atoms with Crippen LogP contribution in [-0.4, -0.2) is 16.3 Å². The molecule has 0 aliphatic heterocycles. The van der Waals surface area contributed by atoms with Crippen molar-refractivity contribution >= 4 is 5.69 Å². The van der Waals surface area contributed by atoms with Crippen molar-refractivity contribution in [1.29, 1.82) is 0 Å². The average Bonchev–Trinajstić information content (AvgIpc) is 2.08. The van der Waals surface area contributed by atoms with Gasteiger partial charge in [-0.3, -0.25) is 0 Å². The van der Waals surface area contributed by atoms with E-state index in [0.29, 0.717) is 5.56 Å². The second-order valence-electron chi connectivity index (χ2n) is 3.05. The maximum absolute atomic E-state index is 9.50. The van der Waals surface area contributed by atoms with Gasteiger partial charge in [-0.25, -0.2) is 0 Å². The number of aliphatic hydroxyl groups is 1. The summed E-state index contributed by atoms with van der Waals surface area (Å²) >= 11 is 0. The molecule has 0 unspecified atom stereocenters. The van der Waals surface area contributed by atoms with Gasteiger partial charge in [0.25, 0.3) is 0 Å². The largest absolute Gasteiger partial charge is 0.505 e. The van der Waals surface area contributed by atoms with Crippen LogP contribution in [0.5, 0.6) is 5.75 Å².